The predicted molar refractivity (Wildman–Crippen MR) is 73.2 cm³/mol. The number of sulfone groups is 1. The van der Waals surface area contributed by atoms with Crippen LogP contribution in [0.4, 0.5) is 0 Å². The summed E-state index contributed by atoms with van der Waals surface area (Å²) in [5.41, 5.74) is -0.132. The van der Waals surface area contributed by atoms with Crippen LogP contribution in [0.5, 0.6) is 11.5 Å². The molecule has 0 bridgehead atoms. The molecule has 1 fully saturated rings. The van der Waals surface area contributed by atoms with Crippen molar-refractivity contribution in [3.05, 3.63) is 23.8 Å². The van der Waals surface area contributed by atoms with Crippen LogP contribution < -0.4 is 9.47 Å². The van der Waals surface area contributed by atoms with Gasteiger partial charge in [-0.2, -0.15) is 0 Å². The highest BCUT2D eigenvalue weighted by Gasteiger charge is 2.44. The first-order valence-corrected chi connectivity index (χ1v) is 8.36. The summed E-state index contributed by atoms with van der Waals surface area (Å²) in [5, 5.41) is 0. The van der Waals surface area contributed by atoms with Gasteiger partial charge in [0.2, 0.25) is 0 Å². The van der Waals surface area contributed by atoms with Crippen molar-refractivity contribution in [2.45, 2.75) is 24.9 Å². The Bertz CT molecular complexity index is 648. The molecule has 6 heteroatoms. The van der Waals surface area contributed by atoms with Crippen LogP contribution in [0.2, 0.25) is 0 Å². The van der Waals surface area contributed by atoms with E-state index < -0.39 is 15.4 Å². The number of carbonyl (C=O) groups is 1. The normalized spacial score (nSPS) is 22.9. The Labute approximate surface area is 117 Å². The topological polar surface area (TPSA) is 69.7 Å². The minimum Gasteiger partial charge on any atom is -0.497 e. The van der Waals surface area contributed by atoms with Crippen LogP contribution in [0, 0.1) is 0 Å². The largest absolute Gasteiger partial charge is 0.497 e. The van der Waals surface area contributed by atoms with Gasteiger partial charge >= 0.3 is 0 Å². The van der Waals surface area contributed by atoms with E-state index in [1.807, 2.05) is 0 Å². The second-order valence-electron chi connectivity index (χ2n) is 5.40. The Morgan fingerprint density at radius 3 is 2.60 bits per heavy atom. The Morgan fingerprint density at radius 1 is 1.25 bits per heavy atom. The molecule has 0 aliphatic carbocycles. The van der Waals surface area contributed by atoms with Crippen LogP contribution in [0.1, 0.15) is 29.6 Å². The van der Waals surface area contributed by atoms with Crippen LogP contribution in [0.3, 0.4) is 0 Å². The van der Waals surface area contributed by atoms with Gasteiger partial charge in [0.15, 0.2) is 15.6 Å². The fourth-order valence-corrected chi connectivity index (χ4v) is 4.36. The summed E-state index contributed by atoms with van der Waals surface area (Å²) in [7, 11) is -1.43. The molecule has 0 N–H and O–H groups in total. The molecule has 0 unspecified atom stereocenters. The molecule has 2 aliphatic heterocycles. The van der Waals surface area contributed by atoms with E-state index >= 15 is 0 Å². The van der Waals surface area contributed by atoms with Gasteiger partial charge in [0.1, 0.15) is 17.1 Å². The van der Waals surface area contributed by atoms with Crippen LogP contribution in [0.15, 0.2) is 18.2 Å². The average Bonchev–Trinajstić information content (AvgIpc) is 2.43. The summed E-state index contributed by atoms with van der Waals surface area (Å²) in [6, 6.07) is 5.13. The van der Waals surface area contributed by atoms with Crippen molar-refractivity contribution in [3.8, 4) is 11.5 Å². The monoisotopic (exact) mass is 296 g/mol. The van der Waals surface area contributed by atoms with Gasteiger partial charge in [-0.25, -0.2) is 8.42 Å². The molecule has 0 saturated carbocycles. The number of fused-ring (bicyclic) bond motifs is 1. The molecule has 5 nitrogen and oxygen atoms in total. The first-order chi connectivity index (χ1) is 9.43. The number of benzene rings is 1. The summed E-state index contributed by atoms with van der Waals surface area (Å²) in [4.78, 5) is 12.3. The number of hydrogen-bond donors (Lipinski definition) is 0. The first-order valence-electron chi connectivity index (χ1n) is 6.54. The quantitative estimate of drug-likeness (QED) is 0.787. The zero-order chi connectivity index (χ0) is 14.4. The summed E-state index contributed by atoms with van der Waals surface area (Å²) >= 11 is 0. The molecule has 1 aromatic carbocycles. The standard InChI is InChI=1S/C14H16O5S/c1-18-10-2-3-13-11(8-10)12(15)9-14(19-13)4-6-20(16,17)7-5-14/h2-3,8H,4-7,9H2,1H3. The predicted octanol–water partition coefficient (Wildman–Crippen LogP) is 1.61. The van der Waals surface area contributed by atoms with Crippen molar-refractivity contribution in [1.29, 1.82) is 0 Å². The molecule has 0 atom stereocenters. The van der Waals surface area contributed by atoms with Gasteiger partial charge in [0.25, 0.3) is 0 Å². The molecule has 0 aromatic heterocycles. The Balaban J connectivity index is 1.92. The highest BCUT2D eigenvalue weighted by atomic mass is 32.2. The van der Waals surface area contributed by atoms with E-state index in [-0.39, 0.29) is 23.7 Å². The van der Waals surface area contributed by atoms with E-state index in [0.29, 0.717) is 29.9 Å². The van der Waals surface area contributed by atoms with Crippen molar-refractivity contribution in [3.63, 3.8) is 0 Å². The lowest BCUT2D eigenvalue weighted by molar-refractivity contribution is 0.0334. The van der Waals surface area contributed by atoms with Gasteiger partial charge in [-0.1, -0.05) is 0 Å². The van der Waals surface area contributed by atoms with E-state index in [2.05, 4.69) is 0 Å². The average molecular weight is 296 g/mol. The molecule has 2 aliphatic rings. The lowest BCUT2D eigenvalue weighted by Crippen LogP contribution is -2.48. The Kier molecular flexibility index (Phi) is 3.01. The van der Waals surface area contributed by atoms with Gasteiger partial charge < -0.3 is 9.47 Å². The zero-order valence-corrected chi connectivity index (χ0v) is 12.0. The second-order valence-corrected chi connectivity index (χ2v) is 7.70. The van der Waals surface area contributed by atoms with Crippen molar-refractivity contribution in [1.82, 2.24) is 0 Å². The highest BCUT2D eigenvalue weighted by Crippen LogP contribution is 2.40. The molecule has 2 heterocycles. The molecular formula is C14H16O5S. The molecule has 1 saturated heterocycles. The summed E-state index contributed by atoms with van der Waals surface area (Å²) in [5.74, 6) is 1.31. The second kappa shape index (κ2) is 4.48. The number of methoxy groups -OCH3 is 1. The van der Waals surface area contributed by atoms with E-state index in [4.69, 9.17) is 9.47 Å². The van der Waals surface area contributed by atoms with Gasteiger partial charge in [-0.15, -0.1) is 0 Å². The fraction of sp³-hybridized carbons (Fsp3) is 0.500. The molecule has 108 valence electrons. The molecule has 1 aromatic rings. The Morgan fingerprint density at radius 2 is 1.95 bits per heavy atom. The summed E-state index contributed by atoms with van der Waals surface area (Å²) in [6.45, 7) is 0. The van der Waals surface area contributed by atoms with Crippen molar-refractivity contribution < 1.29 is 22.7 Å². The van der Waals surface area contributed by atoms with Gasteiger partial charge in [-0.05, 0) is 18.2 Å². The molecule has 0 radical (unpaired) electrons. The molecule has 3 rings (SSSR count). The molecule has 20 heavy (non-hydrogen) atoms. The Hall–Kier alpha value is -1.56. The van der Waals surface area contributed by atoms with E-state index in [0.717, 1.165) is 0 Å². The number of hydrogen-bond acceptors (Lipinski definition) is 5. The highest BCUT2D eigenvalue weighted by molar-refractivity contribution is 7.91. The minimum atomic E-state index is -2.97. The van der Waals surface area contributed by atoms with E-state index in [1.54, 1.807) is 25.3 Å². The molecular weight excluding hydrogens is 280 g/mol. The number of ether oxygens (including phenoxy) is 2. The van der Waals surface area contributed by atoms with E-state index in [9.17, 15) is 13.2 Å². The molecule has 0 amide bonds. The minimum absolute atomic E-state index is 0.00977. The van der Waals surface area contributed by atoms with Gasteiger partial charge in [0.05, 0.1) is 30.6 Å². The van der Waals surface area contributed by atoms with E-state index in [1.165, 1.54) is 0 Å². The third-order valence-electron chi connectivity index (χ3n) is 4.03. The van der Waals surface area contributed by atoms with Gasteiger partial charge in [0, 0.05) is 12.8 Å². The van der Waals surface area contributed by atoms with Crippen molar-refractivity contribution in [2.75, 3.05) is 18.6 Å². The molecule has 1 spiro atoms. The SMILES string of the molecule is COc1ccc2c(c1)C(=O)CC1(CCS(=O)(=O)CC1)O2. The van der Waals surface area contributed by atoms with Crippen molar-refractivity contribution in [2.24, 2.45) is 0 Å². The third-order valence-corrected chi connectivity index (χ3v) is 5.69. The number of rotatable bonds is 1. The number of Topliss-reactive ketones (excluding diaryl/α,β-unsaturated/α-hetero) is 1. The fourth-order valence-electron chi connectivity index (χ4n) is 2.79. The van der Waals surface area contributed by atoms with Crippen LogP contribution >= 0.6 is 0 Å². The van der Waals surface area contributed by atoms with Crippen LogP contribution in [-0.4, -0.2) is 38.4 Å². The smallest absolute Gasteiger partial charge is 0.170 e. The maximum Gasteiger partial charge on any atom is 0.170 e. The van der Waals surface area contributed by atoms with Gasteiger partial charge in [-0.3, -0.25) is 4.79 Å². The van der Waals surface area contributed by atoms with Crippen LogP contribution in [-0.2, 0) is 9.84 Å². The first kappa shape index (κ1) is 13.4. The number of ketones is 1. The maximum absolute atomic E-state index is 12.3. The zero-order valence-electron chi connectivity index (χ0n) is 11.2. The number of carbonyl (C=O) groups excluding carboxylic acids is 1. The lowest BCUT2D eigenvalue weighted by Gasteiger charge is -2.40. The third kappa shape index (κ3) is 2.28. The summed E-state index contributed by atoms with van der Waals surface area (Å²) < 4.78 is 34.1. The van der Waals surface area contributed by atoms with Crippen LogP contribution in [0.25, 0.3) is 0 Å². The van der Waals surface area contributed by atoms with Crippen molar-refractivity contribution >= 4 is 15.6 Å². The lowest BCUT2D eigenvalue weighted by atomic mass is 9.85. The summed E-state index contributed by atoms with van der Waals surface area (Å²) in [6.07, 6.45) is 1.00. The maximum atomic E-state index is 12.3.